The second kappa shape index (κ2) is 7.88. The van der Waals surface area contributed by atoms with Crippen molar-refractivity contribution < 1.29 is 14.3 Å². The van der Waals surface area contributed by atoms with Gasteiger partial charge in [0.2, 0.25) is 0 Å². The van der Waals surface area contributed by atoms with E-state index in [0.29, 0.717) is 31.8 Å². The van der Waals surface area contributed by atoms with Gasteiger partial charge in [0.25, 0.3) is 0 Å². The van der Waals surface area contributed by atoms with Crippen LogP contribution < -0.4 is 5.32 Å². The molecule has 0 bridgehead atoms. The molecular weight excluding hydrogens is 300 g/mol. The van der Waals surface area contributed by atoms with Crippen LogP contribution in [-0.2, 0) is 9.47 Å². The van der Waals surface area contributed by atoms with E-state index in [-0.39, 0.29) is 12.1 Å². The van der Waals surface area contributed by atoms with E-state index in [0.717, 1.165) is 6.42 Å². The number of hydrogen-bond donors (Lipinski definition) is 1. The van der Waals surface area contributed by atoms with Gasteiger partial charge in [-0.1, -0.05) is 0 Å². The number of carbonyl (C=O) groups is 1. The van der Waals surface area contributed by atoms with E-state index in [1.807, 2.05) is 37.4 Å². The van der Waals surface area contributed by atoms with Gasteiger partial charge < -0.3 is 19.7 Å². The SMILES string of the molecule is CC(CC1COCCN1C(=O)OC(C)(C)C)NC1CCSC1. The predicted molar refractivity (Wildman–Crippen MR) is 90.5 cm³/mol. The van der Waals surface area contributed by atoms with Gasteiger partial charge in [0, 0.05) is 24.4 Å². The molecule has 2 fully saturated rings. The third kappa shape index (κ3) is 5.63. The topological polar surface area (TPSA) is 50.8 Å². The molecule has 2 aliphatic heterocycles. The lowest BCUT2D eigenvalue weighted by Crippen LogP contribution is -2.52. The van der Waals surface area contributed by atoms with Gasteiger partial charge in [0.05, 0.1) is 19.3 Å². The number of nitrogens with zero attached hydrogens (tertiary/aromatic N) is 1. The summed E-state index contributed by atoms with van der Waals surface area (Å²) in [7, 11) is 0. The van der Waals surface area contributed by atoms with Crippen molar-refractivity contribution in [2.45, 2.75) is 64.3 Å². The monoisotopic (exact) mass is 330 g/mol. The van der Waals surface area contributed by atoms with Crippen LogP contribution in [0.15, 0.2) is 0 Å². The Morgan fingerprint density at radius 3 is 2.91 bits per heavy atom. The number of hydrogen-bond acceptors (Lipinski definition) is 5. The van der Waals surface area contributed by atoms with E-state index < -0.39 is 5.60 Å². The molecule has 2 aliphatic rings. The van der Waals surface area contributed by atoms with E-state index in [9.17, 15) is 4.79 Å². The molecule has 0 aromatic rings. The lowest BCUT2D eigenvalue weighted by atomic mass is 10.1. The third-order valence-corrected chi connectivity index (χ3v) is 5.09. The molecule has 0 radical (unpaired) electrons. The molecule has 5 nitrogen and oxygen atoms in total. The molecule has 0 aromatic heterocycles. The summed E-state index contributed by atoms with van der Waals surface area (Å²) in [4.78, 5) is 14.2. The van der Waals surface area contributed by atoms with Gasteiger partial charge >= 0.3 is 6.09 Å². The molecule has 0 saturated carbocycles. The highest BCUT2D eigenvalue weighted by Crippen LogP contribution is 2.20. The molecule has 128 valence electrons. The van der Waals surface area contributed by atoms with Crippen LogP contribution in [-0.4, -0.2) is 66.0 Å². The van der Waals surface area contributed by atoms with Crippen LogP contribution in [0.4, 0.5) is 4.79 Å². The van der Waals surface area contributed by atoms with Crippen LogP contribution in [0.1, 0.15) is 40.5 Å². The van der Waals surface area contributed by atoms with Gasteiger partial charge in [0.15, 0.2) is 0 Å². The molecule has 0 aliphatic carbocycles. The van der Waals surface area contributed by atoms with Crippen LogP contribution in [0.5, 0.6) is 0 Å². The summed E-state index contributed by atoms with van der Waals surface area (Å²) < 4.78 is 11.1. The average Bonchev–Trinajstić information content (AvgIpc) is 2.90. The Morgan fingerprint density at radius 1 is 1.50 bits per heavy atom. The van der Waals surface area contributed by atoms with Crippen LogP contribution in [0.3, 0.4) is 0 Å². The van der Waals surface area contributed by atoms with E-state index in [2.05, 4.69) is 12.2 Å². The van der Waals surface area contributed by atoms with Gasteiger partial charge in [-0.25, -0.2) is 4.79 Å². The van der Waals surface area contributed by atoms with Gasteiger partial charge in [-0.15, -0.1) is 0 Å². The fraction of sp³-hybridized carbons (Fsp3) is 0.938. The molecule has 6 heteroatoms. The summed E-state index contributed by atoms with van der Waals surface area (Å²) in [5.74, 6) is 2.45. The zero-order valence-corrected chi connectivity index (χ0v) is 15.1. The maximum atomic E-state index is 12.4. The predicted octanol–water partition coefficient (Wildman–Crippen LogP) is 2.50. The normalized spacial score (nSPS) is 27.7. The first-order valence-electron chi connectivity index (χ1n) is 8.26. The first kappa shape index (κ1) is 17.9. The molecule has 0 spiro atoms. The lowest BCUT2D eigenvalue weighted by Gasteiger charge is -2.38. The smallest absolute Gasteiger partial charge is 0.410 e. The fourth-order valence-electron chi connectivity index (χ4n) is 2.96. The summed E-state index contributed by atoms with van der Waals surface area (Å²) in [5.41, 5.74) is -0.453. The Hall–Kier alpha value is -0.460. The molecule has 2 saturated heterocycles. The van der Waals surface area contributed by atoms with Crippen LogP contribution in [0.25, 0.3) is 0 Å². The molecule has 3 unspecified atom stereocenters. The van der Waals surface area contributed by atoms with Crippen LogP contribution in [0, 0.1) is 0 Å². The van der Waals surface area contributed by atoms with Crippen LogP contribution in [0.2, 0.25) is 0 Å². The zero-order valence-electron chi connectivity index (χ0n) is 14.3. The first-order chi connectivity index (χ1) is 10.3. The van der Waals surface area contributed by atoms with Crippen molar-refractivity contribution in [1.29, 1.82) is 0 Å². The maximum absolute atomic E-state index is 12.4. The minimum Gasteiger partial charge on any atom is -0.444 e. The minimum atomic E-state index is -0.453. The molecule has 3 atom stereocenters. The molecule has 2 heterocycles. The highest BCUT2D eigenvalue weighted by atomic mass is 32.2. The van der Waals surface area contributed by atoms with E-state index >= 15 is 0 Å². The van der Waals surface area contributed by atoms with Crippen molar-refractivity contribution >= 4 is 17.9 Å². The maximum Gasteiger partial charge on any atom is 0.410 e. The number of rotatable bonds is 4. The van der Waals surface area contributed by atoms with Crippen LogP contribution >= 0.6 is 11.8 Å². The third-order valence-electron chi connectivity index (χ3n) is 3.93. The van der Waals surface area contributed by atoms with Crippen molar-refractivity contribution in [2.24, 2.45) is 0 Å². The Bertz CT molecular complexity index is 367. The Balaban J connectivity index is 1.86. The Labute approximate surface area is 138 Å². The lowest BCUT2D eigenvalue weighted by molar-refractivity contribution is -0.0357. The molecule has 1 N–H and O–H groups in total. The molecule has 1 amide bonds. The number of morpholine rings is 1. The van der Waals surface area contributed by atoms with Gasteiger partial charge in [-0.2, -0.15) is 11.8 Å². The van der Waals surface area contributed by atoms with Crippen molar-refractivity contribution in [3.05, 3.63) is 0 Å². The standard InChI is InChI=1S/C16H30N2O3S/c1-12(17-13-5-8-22-11-13)9-14-10-20-7-6-18(14)15(19)21-16(2,3)4/h12-14,17H,5-11H2,1-4H3. The highest BCUT2D eigenvalue weighted by molar-refractivity contribution is 7.99. The Morgan fingerprint density at radius 2 is 2.27 bits per heavy atom. The Kier molecular flexibility index (Phi) is 6.41. The van der Waals surface area contributed by atoms with Gasteiger partial charge in [-0.3, -0.25) is 0 Å². The van der Waals surface area contributed by atoms with E-state index in [4.69, 9.17) is 9.47 Å². The summed E-state index contributed by atoms with van der Waals surface area (Å²) in [5, 5.41) is 3.68. The van der Waals surface area contributed by atoms with Crippen molar-refractivity contribution in [3.63, 3.8) is 0 Å². The van der Waals surface area contributed by atoms with Crippen molar-refractivity contribution in [2.75, 3.05) is 31.3 Å². The second-order valence-electron chi connectivity index (χ2n) is 7.27. The summed E-state index contributed by atoms with van der Waals surface area (Å²) in [6.45, 7) is 9.73. The number of nitrogens with one attached hydrogen (secondary N) is 1. The minimum absolute atomic E-state index is 0.0974. The zero-order chi connectivity index (χ0) is 16.2. The number of ether oxygens (including phenoxy) is 2. The molecular formula is C16H30N2O3S. The number of amides is 1. The molecule has 0 aromatic carbocycles. The largest absolute Gasteiger partial charge is 0.444 e. The summed E-state index contributed by atoms with van der Waals surface area (Å²) >= 11 is 2.01. The first-order valence-corrected chi connectivity index (χ1v) is 9.42. The second-order valence-corrected chi connectivity index (χ2v) is 8.42. The molecule has 22 heavy (non-hydrogen) atoms. The average molecular weight is 330 g/mol. The number of carbonyl (C=O) groups excluding carboxylic acids is 1. The van der Waals surface area contributed by atoms with E-state index in [1.165, 1.54) is 17.9 Å². The number of thioether (sulfide) groups is 1. The highest BCUT2D eigenvalue weighted by Gasteiger charge is 2.32. The summed E-state index contributed by atoms with van der Waals surface area (Å²) in [6.07, 6.45) is 1.93. The van der Waals surface area contributed by atoms with Crippen molar-refractivity contribution in [3.8, 4) is 0 Å². The fourth-order valence-corrected chi connectivity index (χ4v) is 4.12. The molecule has 2 rings (SSSR count). The van der Waals surface area contributed by atoms with E-state index in [1.54, 1.807) is 0 Å². The van der Waals surface area contributed by atoms with Crippen molar-refractivity contribution in [1.82, 2.24) is 10.2 Å². The van der Waals surface area contributed by atoms with Gasteiger partial charge in [0.1, 0.15) is 5.60 Å². The summed E-state index contributed by atoms with van der Waals surface area (Å²) in [6, 6.07) is 1.08. The van der Waals surface area contributed by atoms with Gasteiger partial charge in [-0.05, 0) is 46.3 Å². The quantitative estimate of drug-likeness (QED) is 0.858.